The Labute approximate surface area is 115 Å². The van der Waals surface area contributed by atoms with Crippen molar-refractivity contribution >= 4 is 10.0 Å². The minimum atomic E-state index is -3.82. The van der Waals surface area contributed by atoms with E-state index >= 15 is 0 Å². The lowest BCUT2D eigenvalue weighted by molar-refractivity contribution is 0.254. The van der Waals surface area contributed by atoms with Crippen molar-refractivity contribution in [1.29, 1.82) is 0 Å². The Morgan fingerprint density at radius 2 is 1.89 bits per heavy atom. The van der Waals surface area contributed by atoms with Gasteiger partial charge in [-0.05, 0) is 17.8 Å². The Kier molecular flexibility index (Phi) is 4.73. The quantitative estimate of drug-likeness (QED) is 0.890. The number of hydrogen-bond acceptors (Lipinski definition) is 4. The van der Waals surface area contributed by atoms with Gasteiger partial charge in [-0.25, -0.2) is 13.6 Å². The first-order chi connectivity index (χ1) is 8.57. The molecule has 0 saturated carbocycles. The summed E-state index contributed by atoms with van der Waals surface area (Å²) in [6, 6.07) is 0. The van der Waals surface area contributed by atoms with E-state index < -0.39 is 10.0 Å². The Bertz CT molecular complexity index is 528. The topological polar surface area (TPSA) is 90.9 Å². The van der Waals surface area contributed by atoms with E-state index in [1.165, 1.54) is 0 Å². The second kappa shape index (κ2) is 5.58. The Morgan fingerprint density at radius 1 is 1.32 bits per heavy atom. The second-order valence-electron chi connectivity index (χ2n) is 6.07. The van der Waals surface area contributed by atoms with Gasteiger partial charge in [0.1, 0.15) is 5.82 Å². The maximum absolute atomic E-state index is 11.5. The zero-order chi connectivity index (χ0) is 14.8. The molecule has 1 rings (SSSR count). The third-order valence-electron chi connectivity index (χ3n) is 3.46. The summed E-state index contributed by atoms with van der Waals surface area (Å²) in [5.74, 6) is 1.05. The average molecular weight is 288 g/mol. The minimum Gasteiger partial charge on any atom is -0.301 e. The summed E-state index contributed by atoms with van der Waals surface area (Å²) < 4.78 is 24.6. The SMILES string of the molecule is CCCn1c(CC(C)C(C)(C)C)nnc1S(N)(=O)=O. The van der Waals surface area contributed by atoms with Crippen LogP contribution < -0.4 is 5.14 Å². The first kappa shape index (κ1) is 16.1. The molecule has 0 radical (unpaired) electrons. The van der Waals surface area contributed by atoms with Gasteiger partial charge in [-0.1, -0.05) is 34.6 Å². The zero-order valence-electron chi connectivity index (χ0n) is 12.3. The molecule has 19 heavy (non-hydrogen) atoms. The average Bonchev–Trinajstić information content (AvgIpc) is 2.60. The fraction of sp³-hybridized carbons (Fsp3) is 0.833. The number of aromatic nitrogens is 3. The van der Waals surface area contributed by atoms with Crippen LogP contribution in [0.2, 0.25) is 0 Å². The molecule has 0 saturated heterocycles. The van der Waals surface area contributed by atoms with Gasteiger partial charge in [-0.3, -0.25) is 0 Å². The summed E-state index contributed by atoms with van der Waals surface area (Å²) >= 11 is 0. The van der Waals surface area contributed by atoms with E-state index in [4.69, 9.17) is 5.14 Å². The van der Waals surface area contributed by atoms with Crippen molar-refractivity contribution in [2.75, 3.05) is 0 Å². The van der Waals surface area contributed by atoms with Crippen molar-refractivity contribution in [3.63, 3.8) is 0 Å². The molecule has 0 aliphatic carbocycles. The molecule has 0 fully saturated rings. The summed E-state index contributed by atoms with van der Waals surface area (Å²) in [6.45, 7) is 11.1. The first-order valence-electron chi connectivity index (χ1n) is 6.52. The van der Waals surface area contributed by atoms with E-state index in [0.29, 0.717) is 24.7 Å². The summed E-state index contributed by atoms with van der Waals surface area (Å²) in [5.41, 5.74) is 0.130. The number of sulfonamides is 1. The molecular weight excluding hydrogens is 264 g/mol. The van der Waals surface area contributed by atoms with Gasteiger partial charge in [0.15, 0.2) is 0 Å². The summed E-state index contributed by atoms with van der Waals surface area (Å²) in [4.78, 5) is 0. The molecule has 1 heterocycles. The van der Waals surface area contributed by atoms with E-state index in [1.54, 1.807) is 4.57 Å². The third kappa shape index (κ3) is 4.01. The largest absolute Gasteiger partial charge is 0.301 e. The van der Waals surface area contributed by atoms with Crippen LogP contribution in [-0.4, -0.2) is 23.2 Å². The van der Waals surface area contributed by atoms with Crippen LogP contribution in [0.3, 0.4) is 0 Å². The van der Waals surface area contributed by atoms with Crippen LogP contribution in [0.15, 0.2) is 5.16 Å². The van der Waals surface area contributed by atoms with Gasteiger partial charge in [-0.15, -0.1) is 10.2 Å². The number of hydrogen-bond donors (Lipinski definition) is 1. The summed E-state index contributed by atoms with van der Waals surface area (Å²) in [5, 5.41) is 12.8. The highest BCUT2D eigenvalue weighted by atomic mass is 32.2. The molecule has 2 N–H and O–H groups in total. The van der Waals surface area contributed by atoms with Gasteiger partial charge in [0.2, 0.25) is 0 Å². The van der Waals surface area contributed by atoms with Crippen LogP contribution in [0.1, 0.15) is 46.9 Å². The Balaban J connectivity index is 3.13. The molecule has 0 bridgehead atoms. The predicted octanol–water partition coefficient (Wildman–Crippen LogP) is 1.56. The van der Waals surface area contributed by atoms with Gasteiger partial charge in [0, 0.05) is 13.0 Å². The van der Waals surface area contributed by atoms with Crippen LogP contribution in [0.4, 0.5) is 0 Å². The van der Waals surface area contributed by atoms with Gasteiger partial charge in [0.05, 0.1) is 0 Å². The van der Waals surface area contributed by atoms with Gasteiger partial charge >= 0.3 is 0 Å². The lowest BCUT2D eigenvalue weighted by Crippen LogP contribution is -2.23. The van der Waals surface area contributed by atoms with Crippen LogP contribution in [0, 0.1) is 11.3 Å². The summed E-state index contributed by atoms with van der Waals surface area (Å²) in [6.07, 6.45) is 1.49. The molecule has 6 nitrogen and oxygen atoms in total. The zero-order valence-corrected chi connectivity index (χ0v) is 13.2. The second-order valence-corrected chi connectivity index (χ2v) is 7.52. The van der Waals surface area contributed by atoms with Gasteiger partial charge < -0.3 is 4.57 Å². The predicted molar refractivity (Wildman–Crippen MR) is 74.0 cm³/mol. The van der Waals surface area contributed by atoms with Crippen molar-refractivity contribution in [3.8, 4) is 0 Å². The highest BCUT2D eigenvalue weighted by Gasteiger charge is 2.25. The third-order valence-corrected chi connectivity index (χ3v) is 4.27. The van der Waals surface area contributed by atoms with Crippen molar-refractivity contribution in [1.82, 2.24) is 14.8 Å². The van der Waals surface area contributed by atoms with E-state index in [1.807, 2.05) is 6.92 Å². The van der Waals surface area contributed by atoms with E-state index in [9.17, 15) is 8.42 Å². The molecule has 0 aliphatic heterocycles. The maximum Gasteiger partial charge on any atom is 0.273 e. The summed E-state index contributed by atoms with van der Waals surface area (Å²) in [7, 11) is -3.82. The fourth-order valence-corrected chi connectivity index (χ4v) is 2.37. The molecule has 1 atom stereocenters. The molecule has 1 aromatic heterocycles. The maximum atomic E-state index is 11.5. The Morgan fingerprint density at radius 3 is 2.32 bits per heavy atom. The molecule has 7 heteroatoms. The highest BCUT2D eigenvalue weighted by Crippen LogP contribution is 2.28. The number of primary sulfonamides is 1. The van der Waals surface area contributed by atoms with Gasteiger partial charge in [-0.2, -0.15) is 0 Å². The lowest BCUT2D eigenvalue weighted by atomic mass is 9.80. The van der Waals surface area contributed by atoms with Gasteiger partial charge in [0.25, 0.3) is 15.2 Å². The molecule has 1 unspecified atom stereocenters. The standard InChI is InChI=1S/C12H24N4O2S/c1-6-7-16-10(8-9(2)12(3,4)5)14-15-11(16)19(13,17)18/h9H,6-8H2,1-5H3,(H2,13,17,18). The Hall–Kier alpha value is -0.950. The van der Waals surface area contributed by atoms with Crippen LogP contribution in [0.5, 0.6) is 0 Å². The van der Waals surface area contributed by atoms with Crippen LogP contribution in [0.25, 0.3) is 0 Å². The molecule has 0 amide bonds. The fourth-order valence-electron chi connectivity index (χ4n) is 1.71. The molecule has 0 spiro atoms. The number of rotatable bonds is 5. The van der Waals surface area contributed by atoms with Crippen molar-refractivity contribution in [3.05, 3.63) is 5.82 Å². The lowest BCUT2D eigenvalue weighted by Gasteiger charge is -2.26. The smallest absolute Gasteiger partial charge is 0.273 e. The molecule has 0 aliphatic rings. The van der Waals surface area contributed by atoms with Crippen LogP contribution >= 0.6 is 0 Å². The molecule has 1 aromatic rings. The highest BCUT2D eigenvalue weighted by molar-refractivity contribution is 7.89. The van der Waals surface area contributed by atoms with E-state index in [0.717, 1.165) is 6.42 Å². The monoisotopic (exact) mass is 288 g/mol. The molecule has 110 valence electrons. The molecular formula is C12H24N4O2S. The van der Waals surface area contributed by atoms with E-state index in [-0.39, 0.29) is 10.6 Å². The van der Waals surface area contributed by atoms with E-state index in [2.05, 4.69) is 37.9 Å². The van der Waals surface area contributed by atoms with Crippen molar-refractivity contribution in [2.24, 2.45) is 16.5 Å². The van der Waals surface area contributed by atoms with Crippen molar-refractivity contribution in [2.45, 2.75) is 59.2 Å². The first-order valence-corrected chi connectivity index (χ1v) is 8.07. The number of nitrogens with two attached hydrogens (primary N) is 1. The molecule has 0 aromatic carbocycles. The van der Waals surface area contributed by atoms with Crippen molar-refractivity contribution < 1.29 is 8.42 Å². The number of nitrogens with zero attached hydrogens (tertiary/aromatic N) is 3. The van der Waals surface area contributed by atoms with Crippen LogP contribution in [-0.2, 0) is 23.0 Å². The minimum absolute atomic E-state index is 0.130. The normalized spacial score (nSPS) is 14.6.